The third-order valence-corrected chi connectivity index (χ3v) is 6.26. The molecule has 1 amide bonds. The topological polar surface area (TPSA) is 44.8 Å². The number of hydrogen-bond donors (Lipinski definition) is 1. The zero-order chi connectivity index (χ0) is 22.7. The Hall–Kier alpha value is -2.58. The van der Waals surface area contributed by atoms with Gasteiger partial charge in [0.1, 0.15) is 0 Å². The molecule has 5 nitrogen and oxygen atoms in total. The fourth-order valence-corrected chi connectivity index (χ4v) is 4.57. The first kappa shape index (κ1) is 22.6. The van der Waals surface area contributed by atoms with Crippen molar-refractivity contribution in [3.63, 3.8) is 0 Å². The Labute approximate surface area is 186 Å². The number of benzene rings is 2. The highest BCUT2D eigenvalue weighted by atomic mass is 19.4. The predicted octanol–water partition coefficient (Wildman–Crippen LogP) is 3.89. The fourth-order valence-electron chi connectivity index (χ4n) is 4.57. The van der Waals surface area contributed by atoms with Crippen LogP contribution in [0.1, 0.15) is 39.5 Å². The number of nitrogens with one attached hydrogen (secondary N) is 1. The van der Waals surface area contributed by atoms with E-state index < -0.39 is 17.6 Å². The predicted molar refractivity (Wildman–Crippen MR) is 117 cm³/mol. The molecule has 2 heterocycles. The number of rotatable bonds is 5. The van der Waals surface area contributed by atoms with E-state index in [1.165, 1.54) is 29.4 Å². The van der Waals surface area contributed by atoms with Crippen LogP contribution in [0.4, 0.5) is 18.9 Å². The molecule has 0 bridgehead atoms. The number of ether oxygens (including phenoxy) is 1. The number of hydrogen-bond acceptors (Lipinski definition) is 4. The van der Waals surface area contributed by atoms with Crippen LogP contribution in [0.2, 0.25) is 0 Å². The minimum Gasteiger partial charge on any atom is -0.379 e. The average molecular weight is 448 g/mol. The Morgan fingerprint density at radius 3 is 2.62 bits per heavy atom. The standard InChI is InChI=1S/C24H28F3N3O2/c1-29-10-4-5-17-15-18(8-9-21(17)29)22(30-11-13-32-14-12-30)16-28-23(31)19-6-2-3-7-20(19)24(25,26)27/h2-3,6-9,15,22H,4-5,10-14,16H2,1H3,(H,28,31)/t22-/m1/s1. The molecule has 2 aliphatic heterocycles. The Bertz CT molecular complexity index is 958. The first-order valence-electron chi connectivity index (χ1n) is 10.9. The van der Waals surface area contributed by atoms with Crippen molar-refractivity contribution >= 4 is 11.6 Å². The van der Waals surface area contributed by atoms with E-state index in [1.807, 2.05) is 0 Å². The summed E-state index contributed by atoms with van der Waals surface area (Å²) in [5, 5.41) is 2.76. The van der Waals surface area contributed by atoms with Crippen LogP contribution in [0.5, 0.6) is 0 Å². The van der Waals surface area contributed by atoms with Gasteiger partial charge in [-0.1, -0.05) is 24.3 Å². The summed E-state index contributed by atoms with van der Waals surface area (Å²) in [5.74, 6) is -0.714. The lowest BCUT2D eigenvalue weighted by Gasteiger charge is -2.36. The molecule has 0 aromatic heterocycles. The van der Waals surface area contributed by atoms with Gasteiger partial charge in [-0.3, -0.25) is 9.69 Å². The van der Waals surface area contributed by atoms with Crippen molar-refractivity contribution in [2.45, 2.75) is 25.1 Å². The van der Waals surface area contributed by atoms with Crippen LogP contribution in [0.15, 0.2) is 42.5 Å². The zero-order valence-electron chi connectivity index (χ0n) is 18.1. The second-order valence-corrected chi connectivity index (χ2v) is 8.33. The molecule has 0 saturated carbocycles. The fraction of sp³-hybridized carbons (Fsp3) is 0.458. The molecule has 0 spiro atoms. The summed E-state index contributed by atoms with van der Waals surface area (Å²) in [6.45, 7) is 3.84. The molecule has 172 valence electrons. The normalized spacial score (nSPS) is 18.2. The molecule has 0 aliphatic carbocycles. The summed E-state index contributed by atoms with van der Waals surface area (Å²) >= 11 is 0. The monoisotopic (exact) mass is 447 g/mol. The molecule has 2 aliphatic rings. The summed E-state index contributed by atoms with van der Waals surface area (Å²) in [4.78, 5) is 17.2. The lowest BCUT2D eigenvalue weighted by atomic mass is 9.95. The van der Waals surface area contributed by atoms with E-state index >= 15 is 0 Å². The summed E-state index contributed by atoms with van der Waals surface area (Å²) < 4.78 is 45.5. The molecule has 0 unspecified atom stereocenters. The largest absolute Gasteiger partial charge is 0.417 e. The van der Waals surface area contributed by atoms with Crippen LogP contribution >= 0.6 is 0 Å². The van der Waals surface area contributed by atoms with Gasteiger partial charge in [0.05, 0.1) is 30.4 Å². The molecule has 0 radical (unpaired) electrons. The third-order valence-electron chi connectivity index (χ3n) is 6.26. The van der Waals surface area contributed by atoms with E-state index in [1.54, 1.807) is 0 Å². The van der Waals surface area contributed by atoms with Crippen LogP contribution in [-0.4, -0.2) is 57.2 Å². The Kier molecular flexibility index (Phi) is 6.71. The zero-order valence-corrected chi connectivity index (χ0v) is 18.1. The minimum absolute atomic E-state index is 0.140. The van der Waals surface area contributed by atoms with E-state index in [4.69, 9.17) is 4.74 Å². The Morgan fingerprint density at radius 1 is 1.12 bits per heavy atom. The van der Waals surface area contributed by atoms with Gasteiger partial charge in [-0.25, -0.2) is 0 Å². The highest BCUT2D eigenvalue weighted by molar-refractivity contribution is 5.95. The maximum Gasteiger partial charge on any atom is 0.417 e. The van der Waals surface area contributed by atoms with E-state index in [9.17, 15) is 18.0 Å². The van der Waals surface area contributed by atoms with Crippen molar-refractivity contribution in [1.29, 1.82) is 0 Å². The molecule has 1 saturated heterocycles. The van der Waals surface area contributed by atoms with Crippen LogP contribution in [0.25, 0.3) is 0 Å². The van der Waals surface area contributed by atoms with Gasteiger partial charge in [-0.2, -0.15) is 13.2 Å². The number of morpholine rings is 1. The van der Waals surface area contributed by atoms with E-state index in [0.717, 1.165) is 31.0 Å². The van der Waals surface area contributed by atoms with Crippen LogP contribution in [0, 0.1) is 0 Å². The van der Waals surface area contributed by atoms with Crippen LogP contribution < -0.4 is 10.2 Å². The quantitative estimate of drug-likeness (QED) is 0.756. The van der Waals surface area contributed by atoms with Gasteiger partial charge in [0.15, 0.2) is 0 Å². The molecule has 8 heteroatoms. The number of halogens is 3. The van der Waals surface area contributed by atoms with Gasteiger partial charge in [0, 0.05) is 38.9 Å². The lowest BCUT2D eigenvalue weighted by molar-refractivity contribution is -0.137. The molecule has 32 heavy (non-hydrogen) atoms. The summed E-state index contributed by atoms with van der Waals surface area (Å²) in [6, 6.07) is 11.1. The van der Waals surface area contributed by atoms with Crippen LogP contribution in [0.3, 0.4) is 0 Å². The molecule has 2 aromatic carbocycles. The van der Waals surface area contributed by atoms with Crippen molar-refractivity contribution in [2.24, 2.45) is 0 Å². The third kappa shape index (κ3) is 4.91. The van der Waals surface area contributed by atoms with Gasteiger partial charge in [-0.15, -0.1) is 0 Å². The number of carbonyl (C=O) groups is 1. The summed E-state index contributed by atoms with van der Waals surface area (Å²) in [7, 11) is 2.08. The van der Waals surface area contributed by atoms with Crippen molar-refractivity contribution in [3.8, 4) is 0 Å². The molecule has 1 N–H and O–H groups in total. The molecule has 4 rings (SSSR count). The number of amides is 1. The first-order valence-corrected chi connectivity index (χ1v) is 10.9. The van der Waals surface area contributed by atoms with Crippen molar-refractivity contribution in [2.75, 3.05) is 51.3 Å². The van der Waals surface area contributed by atoms with Gasteiger partial charge in [-0.05, 0) is 42.2 Å². The van der Waals surface area contributed by atoms with Crippen molar-refractivity contribution in [3.05, 3.63) is 64.7 Å². The molecular weight excluding hydrogens is 419 g/mol. The van der Waals surface area contributed by atoms with E-state index in [-0.39, 0.29) is 18.2 Å². The minimum atomic E-state index is -4.58. The highest BCUT2D eigenvalue weighted by Crippen LogP contribution is 2.33. The maximum atomic E-state index is 13.3. The number of alkyl halides is 3. The molecule has 2 aromatic rings. The lowest BCUT2D eigenvalue weighted by Crippen LogP contribution is -2.44. The number of aryl methyl sites for hydroxylation is 1. The molecular formula is C24H28F3N3O2. The second-order valence-electron chi connectivity index (χ2n) is 8.33. The van der Waals surface area contributed by atoms with Gasteiger partial charge in [0.2, 0.25) is 0 Å². The number of fused-ring (bicyclic) bond motifs is 1. The van der Waals surface area contributed by atoms with Crippen molar-refractivity contribution in [1.82, 2.24) is 10.2 Å². The van der Waals surface area contributed by atoms with Gasteiger partial charge in [0.25, 0.3) is 5.91 Å². The van der Waals surface area contributed by atoms with Crippen molar-refractivity contribution < 1.29 is 22.7 Å². The number of anilines is 1. The molecule has 1 atom stereocenters. The van der Waals surface area contributed by atoms with E-state index in [2.05, 4.69) is 40.4 Å². The molecule has 1 fully saturated rings. The SMILES string of the molecule is CN1CCCc2cc([C@@H](CNC(=O)c3ccccc3C(F)(F)F)N3CCOCC3)ccc21. The number of carbonyl (C=O) groups excluding carboxylic acids is 1. The second kappa shape index (κ2) is 9.50. The first-order chi connectivity index (χ1) is 15.3. The average Bonchev–Trinajstić information content (AvgIpc) is 2.79. The maximum absolute atomic E-state index is 13.3. The Morgan fingerprint density at radius 2 is 1.88 bits per heavy atom. The summed E-state index contributed by atoms with van der Waals surface area (Å²) in [6.07, 6.45) is -2.50. The van der Waals surface area contributed by atoms with Gasteiger partial charge < -0.3 is 15.0 Å². The summed E-state index contributed by atoms with van der Waals surface area (Å²) in [5.41, 5.74) is 2.27. The van der Waals surface area contributed by atoms with E-state index in [0.29, 0.717) is 26.3 Å². The Balaban J connectivity index is 1.57. The highest BCUT2D eigenvalue weighted by Gasteiger charge is 2.35. The number of nitrogens with zero attached hydrogens (tertiary/aromatic N) is 2. The van der Waals surface area contributed by atoms with Crippen LogP contribution in [-0.2, 0) is 17.3 Å². The van der Waals surface area contributed by atoms with Gasteiger partial charge >= 0.3 is 6.18 Å². The smallest absolute Gasteiger partial charge is 0.379 e.